The minimum absolute atomic E-state index is 0.0989. The topological polar surface area (TPSA) is 9.23 Å². The third-order valence-electron chi connectivity index (χ3n) is 3.07. The van der Waals surface area contributed by atoms with E-state index in [1.165, 1.54) is 18.2 Å². The molecule has 0 radical (unpaired) electrons. The van der Waals surface area contributed by atoms with Crippen LogP contribution in [0.2, 0.25) is 5.02 Å². The highest BCUT2D eigenvalue weighted by molar-refractivity contribution is 6.31. The van der Waals surface area contributed by atoms with Gasteiger partial charge in [0, 0.05) is 5.56 Å². The minimum Gasteiger partial charge on any atom is -0.486 e. The summed E-state index contributed by atoms with van der Waals surface area (Å²) in [6.45, 7) is 4.04. The van der Waals surface area contributed by atoms with Gasteiger partial charge in [-0.25, -0.2) is 8.78 Å². The first kappa shape index (κ1) is 15.8. The van der Waals surface area contributed by atoms with E-state index in [1.54, 1.807) is 12.1 Å². The zero-order valence-corrected chi connectivity index (χ0v) is 12.8. The molecule has 1 nitrogen and oxygen atoms in total. The van der Waals surface area contributed by atoms with E-state index in [1.807, 2.05) is 6.07 Å². The Morgan fingerprint density at radius 3 is 2.48 bits per heavy atom. The fourth-order valence-electron chi connectivity index (χ4n) is 2.08. The molecule has 4 heteroatoms. The molecule has 0 fully saturated rings. The predicted octanol–water partition coefficient (Wildman–Crippen LogP) is 5.40. The molecule has 0 aliphatic heterocycles. The Morgan fingerprint density at radius 2 is 1.86 bits per heavy atom. The van der Waals surface area contributed by atoms with Crippen LogP contribution in [-0.2, 0) is 13.0 Å². The van der Waals surface area contributed by atoms with Crippen molar-refractivity contribution in [1.29, 1.82) is 0 Å². The summed E-state index contributed by atoms with van der Waals surface area (Å²) in [6, 6.07) is 9.24. The second kappa shape index (κ2) is 6.90. The van der Waals surface area contributed by atoms with E-state index >= 15 is 0 Å². The molecule has 0 atom stereocenters. The van der Waals surface area contributed by atoms with Crippen molar-refractivity contribution in [3.63, 3.8) is 0 Å². The van der Waals surface area contributed by atoms with Crippen molar-refractivity contribution in [1.82, 2.24) is 0 Å². The summed E-state index contributed by atoms with van der Waals surface area (Å²) in [5, 5.41) is 0.270. The van der Waals surface area contributed by atoms with Crippen LogP contribution in [-0.4, -0.2) is 0 Å². The fraction of sp³-hybridized carbons (Fsp3) is 0.294. The summed E-state index contributed by atoms with van der Waals surface area (Å²) in [4.78, 5) is 0. The SMILES string of the molecule is CC(C)Cc1ccc(OCc2c(F)cccc2Cl)c(F)c1. The van der Waals surface area contributed by atoms with Crippen molar-refractivity contribution in [3.8, 4) is 5.75 Å². The van der Waals surface area contributed by atoms with Crippen LogP contribution < -0.4 is 4.74 Å². The molecule has 0 heterocycles. The van der Waals surface area contributed by atoms with Crippen molar-refractivity contribution in [3.05, 3.63) is 64.2 Å². The van der Waals surface area contributed by atoms with Crippen LogP contribution in [0.3, 0.4) is 0 Å². The highest BCUT2D eigenvalue weighted by Gasteiger charge is 2.10. The number of benzene rings is 2. The van der Waals surface area contributed by atoms with Gasteiger partial charge in [0.2, 0.25) is 0 Å². The number of ether oxygens (including phenoxy) is 1. The standard InChI is InChI=1S/C17H17ClF2O/c1-11(2)8-12-6-7-17(16(20)9-12)21-10-13-14(18)4-3-5-15(13)19/h3-7,9,11H,8,10H2,1-2H3. The minimum atomic E-state index is -0.459. The van der Waals surface area contributed by atoms with Gasteiger partial charge in [-0.3, -0.25) is 0 Å². The molecule has 0 saturated heterocycles. The van der Waals surface area contributed by atoms with E-state index in [0.717, 1.165) is 12.0 Å². The van der Waals surface area contributed by atoms with Crippen molar-refractivity contribution in [2.75, 3.05) is 0 Å². The summed E-state index contributed by atoms with van der Waals surface area (Å²) < 4.78 is 32.9. The molecule has 0 amide bonds. The van der Waals surface area contributed by atoms with Gasteiger partial charge in [-0.15, -0.1) is 0 Å². The third-order valence-corrected chi connectivity index (χ3v) is 3.43. The lowest BCUT2D eigenvalue weighted by atomic mass is 10.0. The second-order valence-corrected chi connectivity index (χ2v) is 5.76. The van der Waals surface area contributed by atoms with Gasteiger partial charge >= 0.3 is 0 Å². The molecule has 0 aliphatic carbocycles. The van der Waals surface area contributed by atoms with E-state index in [4.69, 9.17) is 16.3 Å². The summed E-state index contributed by atoms with van der Waals surface area (Å²) >= 11 is 5.90. The maximum atomic E-state index is 14.0. The Balaban J connectivity index is 2.10. The van der Waals surface area contributed by atoms with Crippen LogP contribution in [0, 0.1) is 17.6 Å². The molecule has 0 bridgehead atoms. The lowest BCUT2D eigenvalue weighted by Crippen LogP contribution is -2.02. The maximum absolute atomic E-state index is 14.0. The van der Waals surface area contributed by atoms with E-state index in [2.05, 4.69) is 13.8 Å². The molecule has 0 saturated carbocycles. The lowest BCUT2D eigenvalue weighted by Gasteiger charge is -2.11. The van der Waals surface area contributed by atoms with Crippen molar-refractivity contribution in [2.45, 2.75) is 26.9 Å². The lowest BCUT2D eigenvalue weighted by molar-refractivity contribution is 0.284. The Bertz CT molecular complexity index is 606. The monoisotopic (exact) mass is 310 g/mol. The van der Waals surface area contributed by atoms with Gasteiger partial charge < -0.3 is 4.74 Å². The molecule has 0 spiro atoms. The molecule has 0 aliphatic rings. The number of hydrogen-bond donors (Lipinski definition) is 0. The van der Waals surface area contributed by atoms with Gasteiger partial charge in [0.25, 0.3) is 0 Å². The Hall–Kier alpha value is -1.61. The molecular weight excluding hydrogens is 294 g/mol. The van der Waals surface area contributed by atoms with Gasteiger partial charge in [0.1, 0.15) is 12.4 Å². The van der Waals surface area contributed by atoms with Crippen LogP contribution in [0.5, 0.6) is 5.75 Å². The molecule has 21 heavy (non-hydrogen) atoms. The van der Waals surface area contributed by atoms with Crippen LogP contribution in [0.1, 0.15) is 25.0 Å². The molecule has 2 rings (SSSR count). The Morgan fingerprint density at radius 1 is 1.10 bits per heavy atom. The van der Waals surface area contributed by atoms with E-state index in [9.17, 15) is 8.78 Å². The van der Waals surface area contributed by atoms with Gasteiger partial charge in [-0.1, -0.05) is 37.6 Å². The molecule has 0 aromatic heterocycles. The molecular formula is C17H17ClF2O. The quantitative estimate of drug-likeness (QED) is 0.719. The first-order chi connectivity index (χ1) is 9.97. The molecule has 0 unspecified atom stereocenters. The van der Waals surface area contributed by atoms with Crippen LogP contribution in [0.4, 0.5) is 8.78 Å². The highest BCUT2D eigenvalue weighted by Crippen LogP contribution is 2.24. The van der Waals surface area contributed by atoms with Gasteiger partial charge in [-0.2, -0.15) is 0 Å². The number of halogens is 3. The largest absolute Gasteiger partial charge is 0.486 e. The summed E-state index contributed by atoms with van der Waals surface area (Å²) in [5.41, 5.74) is 1.14. The smallest absolute Gasteiger partial charge is 0.165 e. The Labute approximate surface area is 128 Å². The summed E-state index contributed by atoms with van der Waals surface area (Å²) in [6.07, 6.45) is 0.802. The molecule has 2 aromatic carbocycles. The molecule has 0 N–H and O–H groups in total. The maximum Gasteiger partial charge on any atom is 0.165 e. The average Bonchev–Trinajstić information content (AvgIpc) is 2.39. The first-order valence-electron chi connectivity index (χ1n) is 6.81. The third kappa shape index (κ3) is 4.18. The fourth-order valence-corrected chi connectivity index (χ4v) is 2.30. The van der Waals surface area contributed by atoms with Crippen molar-refractivity contribution < 1.29 is 13.5 Å². The van der Waals surface area contributed by atoms with Crippen molar-refractivity contribution in [2.24, 2.45) is 5.92 Å². The van der Waals surface area contributed by atoms with Gasteiger partial charge in [-0.05, 0) is 42.2 Å². The normalized spacial score (nSPS) is 11.0. The van der Waals surface area contributed by atoms with E-state index < -0.39 is 11.6 Å². The number of hydrogen-bond acceptors (Lipinski definition) is 1. The Kier molecular flexibility index (Phi) is 5.18. The van der Waals surface area contributed by atoms with Crippen LogP contribution in [0.15, 0.2) is 36.4 Å². The summed E-state index contributed by atoms with van der Waals surface area (Å²) in [7, 11) is 0. The van der Waals surface area contributed by atoms with E-state index in [-0.39, 0.29) is 22.9 Å². The zero-order chi connectivity index (χ0) is 15.4. The molecule has 112 valence electrons. The van der Waals surface area contributed by atoms with Crippen molar-refractivity contribution >= 4 is 11.6 Å². The second-order valence-electron chi connectivity index (χ2n) is 5.35. The van der Waals surface area contributed by atoms with Crippen LogP contribution in [0.25, 0.3) is 0 Å². The average molecular weight is 311 g/mol. The zero-order valence-electron chi connectivity index (χ0n) is 12.0. The van der Waals surface area contributed by atoms with Gasteiger partial charge in [0.05, 0.1) is 5.02 Å². The van der Waals surface area contributed by atoms with E-state index in [0.29, 0.717) is 5.92 Å². The summed E-state index contributed by atoms with van der Waals surface area (Å²) in [5.74, 6) is -0.352. The van der Waals surface area contributed by atoms with Gasteiger partial charge in [0.15, 0.2) is 11.6 Å². The predicted molar refractivity (Wildman–Crippen MR) is 80.7 cm³/mol. The highest BCUT2D eigenvalue weighted by atomic mass is 35.5. The first-order valence-corrected chi connectivity index (χ1v) is 7.19. The molecule has 2 aromatic rings. The van der Waals surface area contributed by atoms with Crippen LogP contribution >= 0.6 is 11.6 Å². The number of rotatable bonds is 5.